The molecule has 0 spiro atoms. The number of aromatic nitrogens is 3. The number of benzene rings is 1. The Kier molecular flexibility index (Phi) is 3.52. The fraction of sp³-hybridized carbons (Fsp3) is 0.235. The van der Waals surface area contributed by atoms with Crippen molar-refractivity contribution < 1.29 is 0 Å². The number of rotatable bonds is 3. The van der Waals surface area contributed by atoms with E-state index >= 15 is 0 Å². The van der Waals surface area contributed by atoms with E-state index in [1.807, 2.05) is 50.4 Å². The summed E-state index contributed by atoms with van der Waals surface area (Å²) in [5.41, 5.74) is 2.94. The number of pyridine rings is 1. The van der Waals surface area contributed by atoms with Gasteiger partial charge in [-0.2, -0.15) is 0 Å². The Morgan fingerprint density at radius 1 is 1.24 bits per heavy atom. The van der Waals surface area contributed by atoms with E-state index in [0.29, 0.717) is 5.39 Å². The van der Waals surface area contributed by atoms with Crippen molar-refractivity contribution >= 4 is 10.9 Å². The lowest BCUT2D eigenvalue weighted by Crippen LogP contribution is -2.25. The molecule has 106 valence electrons. The second kappa shape index (κ2) is 5.48. The van der Waals surface area contributed by atoms with Gasteiger partial charge in [-0.05, 0) is 43.5 Å². The van der Waals surface area contributed by atoms with Gasteiger partial charge >= 0.3 is 0 Å². The summed E-state index contributed by atoms with van der Waals surface area (Å²) in [6.45, 7) is 4.00. The summed E-state index contributed by atoms with van der Waals surface area (Å²) in [5.74, 6) is 0. The maximum Gasteiger partial charge on any atom is 0.261 e. The molecule has 2 aromatic heterocycles. The SMILES string of the molecule is Cc1cccc2c(=O)n([C@H](C)Cc3cccnc3)cnc12. The first kappa shape index (κ1) is 13.5. The molecule has 0 unspecified atom stereocenters. The van der Waals surface area contributed by atoms with Crippen molar-refractivity contribution in [2.24, 2.45) is 0 Å². The van der Waals surface area contributed by atoms with E-state index in [2.05, 4.69) is 9.97 Å². The Hall–Kier alpha value is -2.49. The highest BCUT2D eigenvalue weighted by Crippen LogP contribution is 2.15. The molecule has 0 N–H and O–H groups in total. The molecule has 0 fully saturated rings. The highest BCUT2D eigenvalue weighted by molar-refractivity contribution is 5.80. The monoisotopic (exact) mass is 279 g/mol. The summed E-state index contributed by atoms with van der Waals surface area (Å²) in [5, 5.41) is 0.676. The summed E-state index contributed by atoms with van der Waals surface area (Å²) in [6.07, 6.45) is 5.99. The first-order valence-electron chi connectivity index (χ1n) is 7.02. The van der Waals surface area contributed by atoms with Gasteiger partial charge in [0.25, 0.3) is 5.56 Å². The van der Waals surface area contributed by atoms with Crippen molar-refractivity contribution in [3.63, 3.8) is 0 Å². The molecule has 2 heterocycles. The molecule has 3 aromatic rings. The van der Waals surface area contributed by atoms with Crippen LogP contribution in [0.15, 0.2) is 53.8 Å². The van der Waals surface area contributed by atoms with Crippen molar-refractivity contribution in [2.45, 2.75) is 26.3 Å². The maximum absolute atomic E-state index is 12.6. The van der Waals surface area contributed by atoms with Gasteiger partial charge in [0, 0.05) is 18.4 Å². The van der Waals surface area contributed by atoms with Crippen molar-refractivity contribution in [3.8, 4) is 0 Å². The van der Waals surface area contributed by atoms with Gasteiger partial charge in [-0.15, -0.1) is 0 Å². The smallest absolute Gasteiger partial charge is 0.261 e. The molecule has 0 aliphatic carbocycles. The molecule has 0 bridgehead atoms. The molecule has 0 saturated carbocycles. The maximum atomic E-state index is 12.6. The van der Waals surface area contributed by atoms with Crippen molar-refractivity contribution in [3.05, 3.63) is 70.5 Å². The van der Waals surface area contributed by atoms with Crippen molar-refractivity contribution in [1.29, 1.82) is 0 Å². The highest BCUT2D eigenvalue weighted by Gasteiger charge is 2.11. The number of hydrogen-bond donors (Lipinski definition) is 0. The molecule has 0 aliphatic heterocycles. The Labute approximate surface area is 123 Å². The second-order valence-electron chi connectivity index (χ2n) is 5.34. The minimum atomic E-state index is 0.0140. The molecular formula is C17H17N3O. The third kappa shape index (κ3) is 2.57. The average Bonchev–Trinajstić information content (AvgIpc) is 2.49. The summed E-state index contributed by atoms with van der Waals surface area (Å²) in [4.78, 5) is 21.2. The molecule has 0 radical (unpaired) electrons. The topological polar surface area (TPSA) is 47.8 Å². The van der Waals surface area contributed by atoms with E-state index in [-0.39, 0.29) is 11.6 Å². The van der Waals surface area contributed by atoms with Gasteiger partial charge in [0.05, 0.1) is 17.2 Å². The zero-order valence-electron chi connectivity index (χ0n) is 12.2. The van der Waals surface area contributed by atoms with Crippen LogP contribution < -0.4 is 5.56 Å². The van der Waals surface area contributed by atoms with Crippen LogP contribution in [0.4, 0.5) is 0 Å². The van der Waals surface area contributed by atoms with Gasteiger partial charge in [-0.3, -0.25) is 14.3 Å². The standard InChI is InChI=1S/C17H17N3O/c1-12-5-3-7-15-16(12)19-11-20(17(15)21)13(2)9-14-6-4-8-18-10-14/h3-8,10-11,13H,9H2,1-2H3/t13-/m1/s1. The number of hydrogen-bond acceptors (Lipinski definition) is 3. The summed E-state index contributed by atoms with van der Waals surface area (Å²) >= 11 is 0. The number of fused-ring (bicyclic) bond motifs is 1. The van der Waals surface area contributed by atoms with E-state index in [4.69, 9.17) is 0 Å². The van der Waals surface area contributed by atoms with Crippen LogP contribution >= 0.6 is 0 Å². The van der Waals surface area contributed by atoms with Gasteiger partial charge in [0.1, 0.15) is 0 Å². The first-order valence-corrected chi connectivity index (χ1v) is 7.02. The van der Waals surface area contributed by atoms with Crippen LogP contribution in [0.5, 0.6) is 0 Å². The zero-order chi connectivity index (χ0) is 14.8. The average molecular weight is 279 g/mol. The van der Waals surface area contributed by atoms with Crippen molar-refractivity contribution in [1.82, 2.24) is 14.5 Å². The number of aryl methyl sites for hydroxylation is 1. The van der Waals surface area contributed by atoms with Gasteiger partial charge in [-0.25, -0.2) is 4.98 Å². The zero-order valence-corrected chi connectivity index (χ0v) is 12.2. The van der Waals surface area contributed by atoms with E-state index < -0.39 is 0 Å². The van der Waals surface area contributed by atoms with Crippen LogP contribution in [0, 0.1) is 6.92 Å². The summed E-state index contributed by atoms with van der Waals surface area (Å²) in [7, 11) is 0. The third-order valence-corrected chi connectivity index (χ3v) is 3.74. The van der Waals surface area contributed by atoms with E-state index in [9.17, 15) is 4.79 Å². The fourth-order valence-corrected chi connectivity index (χ4v) is 2.59. The van der Waals surface area contributed by atoms with Gasteiger partial charge < -0.3 is 0 Å². The number of nitrogens with zero attached hydrogens (tertiary/aromatic N) is 3. The summed E-state index contributed by atoms with van der Waals surface area (Å²) in [6, 6.07) is 9.68. The van der Waals surface area contributed by atoms with E-state index in [1.54, 1.807) is 17.1 Å². The third-order valence-electron chi connectivity index (χ3n) is 3.74. The van der Waals surface area contributed by atoms with Crippen LogP contribution in [0.2, 0.25) is 0 Å². The quantitative estimate of drug-likeness (QED) is 0.740. The molecule has 0 aliphatic rings. The normalized spacial score (nSPS) is 12.5. The van der Waals surface area contributed by atoms with Gasteiger partial charge in [-0.1, -0.05) is 18.2 Å². The lowest BCUT2D eigenvalue weighted by atomic mass is 10.1. The van der Waals surface area contributed by atoms with Gasteiger partial charge in [0.2, 0.25) is 0 Å². The fourth-order valence-electron chi connectivity index (χ4n) is 2.59. The van der Waals surface area contributed by atoms with Crippen LogP contribution in [0.3, 0.4) is 0 Å². The molecular weight excluding hydrogens is 262 g/mol. The van der Waals surface area contributed by atoms with Crippen LogP contribution in [0.25, 0.3) is 10.9 Å². The van der Waals surface area contributed by atoms with Gasteiger partial charge in [0.15, 0.2) is 0 Å². The lowest BCUT2D eigenvalue weighted by Gasteiger charge is -2.15. The van der Waals surface area contributed by atoms with Crippen LogP contribution in [-0.4, -0.2) is 14.5 Å². The first-order chi connectivity index (χ1) is 10.2. The lowest BCUT2D eigenvalue weighted by molar-refractivity contribution is 0.522. The Morgan fingerprint density at radius 3 is 2.86 bits per heavy atom. The molecule has 4 nitrogen and oxygen atoms in total. The summed E-state index contributed by atoms with van der Waals surface area (Å²) < 4.78 is 1.70. The van der Waals surface area contributed by atoms with E-state index in [1.165, 1.54) is 0 Å². The molecule has 0 saturated heterocycles. The highest BCUT2D eigenvalue weighted by atomic mass is 16.1. The molecule has 4 heteroatoms. The minimum Gasteiger partial charge on any atom is -0.296 e. The van der Waals surface area contributed by atoms with E-state index in [0.717, 1.165) is 23.1 Å². The molecule has 3 rings (SSSR count). The van der Waals surface area contributed by atoms with Crippen LogP contribution in [-0.2, 0) is 6.42 Å². The predicted octanol–water partition coefficient (Wildman–Crippen LogP) is 2.90. The predicted molar refractivity (Wildman–Crippen MR) is 83.4 cm³/mol. The molecule has 21 heavy (non-hydrogen) atoms. The molecule has 1 aromatic carbocycles. The molecule has 1 atom stereocenters. The van der Waals surface area contributed by atoms with Crippen LogP contribution in [0.1, 0.15) is 24.1 Å². The Balaban J connectivity index is 2.01. The largest absolute Gasteiger partial charge is 0.296 e. The Morgan fingerprint density at radius 2 is 2.10 bits per heavy atom. The second-order valence-corrected chi connectivity index (χ2v) is 5.34. The minimum absolute atomic E-state index is 0.0140. The molecule has 0 amide bonds. The Bertz CT molecular complexity index is 824. The van der Waals surface area contributed by atoms with Crippen molar-refractivity contribution in [2.75, 3.05) is 0 Å². The number of para-hydroxylation sites is 1.